The van der Waals surface area contributed by atoms with Gasteiger partial charge in [-0.1, -0.05) is 44.7 Å². The lowest BCUT2D eigenvalue weighted by Gasteiger charge is -2.12. The zero-order valence-electron chi connectivity index (χ0n) is 17.9. The van der Waals surface area contributed by atoms with Gasteiger partial charge in [0.05, 0.1) is 24.5 Å². The summed E-state index contributed by atoms with van der Waals surface area (Å²) in [5.41, 5.74) is 1.37. The second-order valence-electron chi connectivity index (χ2n) is 7.04. The Kier molecular flexibility index (Phi) is 10.4. The van der Waals surface area contributed by atoms with E-state index in [1.807, 2.05) is 0 Å². The summed E-state index contributed by atoms with van der Waals surface area (Å²) in [6.45, 7) is 3.70. The normalized spacial score (nSPS) is 10.5. The van der Waals surface area contributed by atoms with Crippen LogP contribution in [0.3, 0.4) is 0 Å². The van der Waals surface area contributed by atoms with Crippen LogP contribution in [0.15, 0.2) is 48.5 Å². The molecule has 2 aromatic rings. The Morgan fingerprint density at radius 2 is 1.60 bits per heavy atom. The van der Waals surface area contributed by atoms with E-state index in [0.717, 1.165) is 12.2 Å². The number of benzene rings is 2. The fraction of sp³-hybridized carbons (Fsp3) is 0.417. The molecule has 0 bridgehead atoms. The van der Waals surface area contributed by atoms with E-state index in [0.29, 0.717) is 36.6 Å². The Hall–Kier alpha value is -2.86. The molecule has 0 saturated carbocycles. The van der Waals surface area contributed by atoms with E-state index in [9.17, 15) is 9.59 Å². The largest absolute Gasteiger partial charge is 0.494 e. The number of para-hydroxylation sites is 1. The fourth-order valence-corrected chi connectivity index (χ4v) is 2.94. The smallest absolute Gasteiger partial charge is 0.255 e. The van der Waals surface area contributed by atoms with Crippen molar-refractivity contribution in [2.75, 3.05) is 32.2 Å². The molecular weight excluding hydrogens is 380 g/mol. The Morgan fingerprint density at radius 3 is 2.33 bits per heavy atom. The van der Waals surface area contributed by atoms with Crippen LogP contribution in [0.1, 0.15) is 59.7 Å². The SMILES string of the molecule is CCCCCCCOc1ccc(C(=O)Nc2ccccc2C(=O)NCCOC)cc1. The first kappa shape index (κ1) is 23.4. The van der Waals surface area contributed by atoms with Crippen molar-refractivity contribution < 1.29 is 19.1 Å². The highest BCUT2D eigenvalue weighted by molar-refractivity contribution is 6.09. The molecule has 2 amide bonds. The summed E-state index contributed by atoms with van der Waals surface area (Å²) in [7, 11) is 1.57. The molecule has 0 atom stereocenters. The van der Waals surface area contributed by atoms with E-state index in [4.69, 9.17) is 9.47 Å². The maximum absolute atomic E-state index is 12.6. The lowest BCUT2D eigenvalue weighted by molar-refractivity contribution is 0.0938. The molecule has 0 heterocycles. The summed E-state index contributed by atoms with van der Waals surface area (Å²) < 4.78 is 10.7. The molecular formula is C24H32N2O4. The van der Waals surface area contributed by atoms with Gasteiger partial charge in [-0.2, -0.15) is 0 Å². The average Bonchev–Trinajstić information content (AvgIpc) is 2.77. The molecule has 6 heteroatoms. The van der Waals surface area contributed by atoms with Crippen molar-refractivity contribution in [3.05, 3.63) is 59.7 Å². The number of unbranched alkanes of at least 4 members (excludes halogenated alkanes) is 4. The van der Waals surface area contributed by atoms with E-state index < -0.39 is 0 Å². The molecule has 0 aliphatic heterocycles. The number of rotatable bonds is 13. The van der Waals surface area contributed by atoms with Gasteiger partial charge in [-0.15, -0.1) is 0 Å². The van der Waals surface area contributed by atoms with Crippen molar-refractivity contribution in [2.24, 2.45) is 0 Å². The maximum atomic E-state index is 12.6. The van der Waals surface area contributed by atoms with Crippen LogP contribution in [0.25, 0.3) is 0 Å². The molecule has 0 spiro atoms. The number of hydrogen-bond acceptors (Lipinski definition) is 4. The molecule has 2 N–H and O–H groups in total. The van der Waals surface area contributed by atoms with Crippen molar-refractivity contribution in [2.45, 2.75) is 39.0 Å². The first-order valence-corrected chi connectivity index (χ1v) is 10.6. The zero-order valence-corrected chi connectivity index (χ0v) is 17.9. The van der Waals surface area contributed by atoms with E-state index in [-0.39, 0.29) is 11.8 Å². The predicted octanol–water partition coefficient (Wildman–Crippen LogP) is 4.66. The van der Waals surface area contributed by atoms with Gasteiger partial charge in [0, 0.05) is 19.2 Å². The highest BCUT2D eigenvalue weighted by Gasteiger charge is 2.14. The van der Waals surface area contributed by atoms with Crippen molar-refractivity contribution in [1.82, 2.24) is 5.32 Å². The van der Waals surface area contributed by atoms with Gasteiger partial charge in [-0.25, -0.2) is 0 Å². The Morgan fingerprint density at radius 1 is 0.867 bits per heavy atom. The molecule has 0 unspecified atom stereocenters. The maximum Gasteiger partial charge on any atom is 0.255 e. The fourth-order valence-electron chi connectivity index (χ4n) is 2.94. The molecule has 162 valence electrons. The van der Waals surface area contributed by atoms with E-state index in [2.05, 4.69) is 17.6 Å². The lowest BCUT2D eigenvalue weighted by atomic mass is 10.1. The van der Waals surface area contributed by atoms with Crippen molar-refractivity contribution >= 4 is 17.5 Å². The number of carbonyl (C=O) groups is 2. The number of anilines is 1. The minimum atomic E-state index is -0.279. The summed E-state index contributed by atoms with van der Waals surface area (Å²) in [5.74, 6) is 0.212. The number of methoxy groups -OCH3 is 1. The second kappa shape index (κ2) is 13.4. The van der Waals surface area contributed by atoms with Gasteiger partial charge in [-0.3, -0.25) is 9.59 Å². The van der Waals surface area contributed by atoms with Crippen LogP contribution < -0.4 is 15.4 Å². The van der Waals surface area contributed by atoms with Crippen LogP contribution in [0.5, 0.6) is 5.75 Å². The molecule has 0 saturated heterocycles. The van der Waals surface area contributed by atoms with Crippen LogP contribution in [0.2, 0.25) is 0 Å². The van der Waals surface area contributed by atoms with E-state index in [1.54, 1.807) is 55.6 Å². The van der Waals surface area contributed by atoms with Gasteiger partial charge in [0.25, 0.3) is 11.8 Å². The van der Waals surface area contributed by atoms with Crippen LogP contribution in [0.4, 0.5) is 5.69 Å². The minimum absolute atomic E-state index is 0.259. The van der Waals surface area contributed by atoms with Crippen LogP contribution in [0, 0.1) is 0 Å². The number of carbonyl (C=O) groups excluding carboxylic acids is 2. The summed E-state index contributed by atoms with van der Waals surface area (Å²) >= 11 is 0. The lowest BCUT2D eigenvalue weighted by Crippen LogP contribution is -2.28. The molecule has 0 aliphatic rings. The Labute approximate surface area is 179 Å². The molecule has 0 aliphatic carbocycles. The topological polar surface area (TPSA) is 76.7 Å². The van der Waals surface area contributed by atoms with Crippen LogP contribution in [-0.4, -0.2) is 38.7 Å². The van der Waals surface area contributed by atoms with Crippen LogP contribution >= 0.6 is 0 Å². The average molecular weight is 413 g/mol. The van der Waals surface area contributed by atoms with E-state index in [1.165, 1.54) is 25.7 Å². The quantitative estimate of drug-likeness (QED) is 0.469. The van der Waals surface area contributed by atoms with Crippen molar-refractivity contribution in [3.63, 3.8) is 0 Å². The van der Waals surface area contributed by atoms with Gasteiger partial charge in [0.2, 0.25) is 0 Å². The highest BCUT2D eigenvalue weighted by Crippen LogP contribution is 2.18. The summed E-state index contributed by atoms with van der Waals surface area (Å²) in [6, 6.07) is 14.0. The molecule has 0 aromatic heterocycles. The summed E-state index contributed by atoms with van der Waals surface area (Å²) in [4.78, 5) is 25.0. The highest BCUT2D eigenvalue weighted by atomic mass is 16.5. The number of ether oxygens (including phenoxy) is 2. The number of nitrogens with one attached hydrogen (secondary N) is 2. The molecule has 2 aromatic carbocycles. The Bertz CT molecular complexity index is 790. The third kappa shape index (κ3) is 7.87. The second-order valence-corrected chi connectivity index (χ2v) is 7.04. The minimum Gasteiger partial charge on any atom is -0.494 e. The molecule has 0 radical (unpaired) electrons. The van der Waals surface area contributed by atoms with Gasteiger partial charge in [-0.05, 0) is 42.8 Å². The summed E-state index contributed by atoms with van der Waals surface area (Å²) in [5, 5.41) is 5.58. The van der Waals surface area contributed by atoms with Gasteiger partial charge in [0.1, 0.15) is 5.75 Å². The third-order valence-electron chi connectivity index (χ3n) is 4.64. The molecule has 6 nitrogen and oxygen atoms in total. The first-order valence-electron chi connectivity index (χ1n) is 10.6. The van der Waals surface area contributed by atoms with Crippen molar-refractivity contribution in [3.8, 4) is 5.75 Å². The zero-order chi connectivity index (χ0) is 21.6. The molecule has 2 rings (SSSR count). The number of amides is 2. The van der Waals surface area contributed by atoms with Crippen LogP contribution in [-0.2, 0) is 4.74 Å². The predicted molar refractivity (Wildman–Crippen MR) is 119 cm³/mol. The van der Waals surface area contributed by atoms with Gasteiger partial charge in [0.15, 0.2) is 0 Å². The van der Waals surface area contributed by atoms with Gasteiger partial charge >= 0.3 is 0 Å². The number of hydrogen-bond donors (Lipinski definition) is 2. The Balaban J connectivity index is 1.89. The van der Waals surface area contributed by atoms with Crippen molar-refractivity contribution in [1.29, 1.82) is 0 Å². The standard InChI is InChI=1S/C24H32N2O4/c1-3-4-5-6-9-17-30-20-14-12-19(13-15-20)23(27)26-22-11-8-7-10-21(22)24(28)25-16-18-29-2/h7-8,10-15H,3-6,9,16-18H2,1-2H3,(H,25,28)(H,26,27). The van der Waals surface area contributed by atoms with Gasteiger partial charge < -0.3 is 20.1 Å². The first-order chi connectivity index (χ1) is 14.7. The molecule has 0 fully saturated rings. The summed E-state index contributed by atoms with van der Waals surface area (Å²) in [6.07, 6.45) is 5.94. The monoisotopic (exact) mass is 412 g/mol. The third-order valence-corrected chi connectivity index (χ3v) is 4.64. The molecule has 30 heavy (non-hydrogen) atoms. The van der Waals surface area contributed by atoms with E-state index >= 15 is 0 Å².